The van der Waals surface area contributed by atoms with Gasteiger partial charge in [-0.15, -0.1) is 0 Å². The van der Waals surface area contributed by atoms with Gasteiger partial charge in [-0.05, 0) is 47.0 Å². The van der Waals surface area contributed by atoms with Crippen LogP contribution in [0.4, 0.5) is 13.2 Å². The maximum atomic E-state index is 14.1. The van der Waals surface area contributed by atoms with Gasteiger partial charge in [0.05, 0.1) is 0 Å². The van der Waals surface area contributed by atoms with Crippen LogP contribution in [0.3, 0.4) is 0 Å². The highest BCUT2D eigenvalue weighted by atomic mass is 79.9. The Bertz CT molecular complexity index is 1040. The molecule has 4 aliphatic rings. The second-order valence-electron chi connectivity index (χ2n) is 8.69. The Morgan fingerprint density at radius 3 is 2.66 bits per heavy atom. The van der Waals surface area contributed by atoms with Crippen LogP contribution in [0.2, 0.25) is 0 Å². The van der Waals surface area contributed by atoms with Crippen LogP contribution in [0.25, 0.3) is 0 Å². The Labute approximate surface area is 191 Å². The maximum absolute atomic E-state index is 14.1. The number of carbonyl (C=O) groups is 2. The Balaban J connectivity index is 1.29. The minimum Gasteiger partial charge on any atom is -0.342 e. The van der Waals surface area contributed by atoms with Gasteiger partial charge in [0.25, 0.3) is 11.8 Å². The molecule has 0 aromatic carbocycles. The maximum Gasteiger partial charge on any atom is 0.275 e. The number of fused-ring (bicyclic) bond motifs is 1. The average Bonchev–Trinajstić information content (AvgIpc) is 3.27. The fourth-order valence-electron chi connectivity index (χ4n) is 5.28. The van der Waals surface area contributed by atoms with E-state index in [2.05, 4.69) is 20.9 Å². The zero-order chi connectivity index (χ0) is 22.6. The van der Waals surface area contributed by atoms with Crippen molar-refractivity contribution in [1.82, 2.24) is 14.8 Å². The first kappa shape index (κ1) is 21.6. The van der Waals surface area contributed by atoms with Crippen molar-refractivity contribution in [3.63, 3.8) is 0 Å². The summed E-state index contributed by atoms with van der Waals surface area (Å²) in [6.07, 6.45) is 3.67. The molecule has 1 aromatic rings. The lowest BCUT2D eigenvalue weighted by molar-refractivity contribution is -0.142. The number of piperidine rings is 1. The van der Waals surface area contributed by atoms with Crippen LogP contribution in [-0.4, -0.2) is 57.6 Å². The zero-order valence-corrected chi connectivity index (χ0v) is 18.7. The van der Waals surface area contributed by atoms with Crippen molar-refractivity contribution in [3.05, 3.63) is 52.1 Å². The third-order valence-corrected chi connectivity index (χ3v) is 7.27. The molecular formula is C22H21BrF3N3O3. The number of ether oxygens (including phenoxy) is 1. The predicted octanol–water partition coefficient (Wildman–Crippen LogP) is 4.03. The van der Waals surface area contributed by atoms with Crippen molar-refractivity contribution in [2.45, 2.75) is 50.0 Å². The zero-order valence-electron chi connectivity index (χ0n) is 17.1. The van der Waals surface area contributed by atoms with Crippen molar-refractivity contribution in [2.75, 3.05) is 13.1 Å². The molecule has 32 heavy (non-hydrogen) atoms. The molecule has 0 N–H and O–H groups in total. The number of hydrogen-bond donors (Lipinski definition) is 0. The number of aromatic nitrogens is 1. The summed E-state index contributed by atoms with van der Waals surface area (Å²) >= 11 is 3.15. The lowest BCUT2D eigenvalue weighted by Gasteiger charge is -2.38. The third kappa shape index (κ3) is 3.57. The molecule has 0 radical (unpaired) electrons. The van der Waals surface area contributed by atoms with Gasteiger partial charge in [0.15, 0.2) is 17.1 Å². The Morgan fingerprint density at radius 1 is 1.19 bits per heavy atom. The standard InChI is InChI=1S/C22H21BrF3N3O3/c23-17-3-1-15(26)19(27-17)20(30)28-7-5-22(6-8-28)21(31)29-16(2-4-18(29)32-22)12-9-13(24)11-14(25)10-12/h1,3,9,11-12,16,18H,2,4-8,10H2/t12?,16-,18+/m0/s1. The number of nitrogens with zero attached hydrogens (tertiary/aromatic N) is 3. The molecule has 1 aliphatic carbocycles. The summed E-state index contributed by atoms with van der Waals surface area (Å²) in [4.78, 5) is 33.2. The van der Waals surface area contributed by atoms with E-state index in [9.17, 15) is 22.8 Å². The van der Waals surface area contributed by atoms with Gasteiger partial charge >= 0.3 is 0 Å². The topological polar surface area (TPSA) is 62.7 Å². The smallest absolute Gasteiger partial charge is 0.275 e. The van der Waals surface area contributed by atoms with Crippen molar-refractivity contribution in [2.24, 2.45) is 5.92 Å². The Morgan fingerprint density at radius 2 is 1.94 bits per heavy atom. The van der Waals surface area contributed by atoms with E-state index < -0.39 is 41.1 Å². The molecule has 3 saturated heterocycles. The van der Waals surface area contributed by atoms with Crippen molar-refractivity contribution < 1.29 is 27.5 Å². The molecule has 1 unspecified atom stereocenters. The molecule has 170 valence electrons. The van der Waals surface area contributed by atoms with E-state index >= 15 is 0 Å². The molecule has 10 heteroatoms. The first-order valence-electron chi connectivity index (χ1n) is 10.6. The van der Waals surface area contributed by atoms with E-state index in [1.54, 1.807) is 4.90 Å². The summed E-state index contributed by atoms with van der Waals surface area (Å²) < 4.78 is 48.2. The number of allylic oxidation sites excluding steroid dienone is 3. The molecule has 6 nitrogen and oxygen atoms in total. The summed E-state index contributed by atoms with van der Waals surface area (Å²) in [5, 5.41) is 0. The Kier molecular flexibility index (Phi) is 5.40. The number of halogens is 4. The largest absolute Gasteiger partial charge is 0.342 e. The summed E-state index contributed by atoms with van der Waals surface area (Å²) in [5.74, 6) is -3.00. The van der Waals surface area contributed by atoms with Crippen LogP contribution in [0, 0.1) is 11.7 Å². The molecule has 0 saturated carbocycles. The number of carbonyl (C=O) groups excluding carboxylic acids is 2. The van der Waals surface area contributed by atoms with E-state index in [0.717, 1.165) is 6.08 Å². The van der Waals surface area contributed by atoms with Crippen LogP contribution in [0.15, 0.2) is 40.5 Å². The van der Waals surface area contributed by atoms with Gasteiger partial charge in [0.2, 0.25) is 0 Å². The first-order chi connectivity index (χ1) is 15.3. The predicted molar refractivity (Wildman–Crippen MR) is 111 cm³/mol. The first-order valence-corrected chi connectivity index (χ1v) is 11.4. The quantitative estimate of drug-likeness (QED) is 0.562. The van der Waals surface area contributed by atoms with Crippen LogP contribution in [0.1, 0.15) is 42.6 Å². The molecule has 1 aromatic heterocycles. The van der Waals surface area contributed by atoms with Crippen molar-refractivity contribution >= 4 is 27.7 Å². The molecule has 2 amide bonds. The second-order valence-corrected chi connectivity index (χ2v) is 9.50. The summed E-state index contributed by atoms with van der Waals surface area (Å²) in [7, 11) is 0. The number of likely N-dealkylation sites (tertiary alicyclic amines) is 1. The molecule has 3 aliphatic heterocycles. The molecule has 3 fully saturated rings. The molecule has 0 bridgehead atoms. The summed E-state index contributed by atoms with van der Waals surface area (Å²) in [6, 6.07) is 2.27. The molecule has 4 heterocycles. The summed E-state index contributed by atoms with van der Waals surface area (Å²) in [6.45, 7) is 0.442. The van der Waals surface area contributed by atoms with Crippen molar-refractivity contribution in [1.29, 1.82) is 0 Å². The molecule has 3 atom stereocenters. The van der Waals surface area contributed by atoms with Crippen LogP contribution in [-0.2, 0) is 9.53 Å². The molecule has 1 spiro atoms. The third-order valence-electron chi connectivity index (χ3n) is 6.83. The number of hydrogen-bond acceptors (Lipinski definition) is 4. The Hall–Kier alpha value is -2.20. The van der Waals surface area contributed by atoms with E-state index in [4.69, 9.17) is 4.74 Å². The van der Waals surface area contributed by atoms with Gasteiger partial charge in [-0.25, -0.2) is 18.2 Å². The van der Waals surface area contributed by atoms with E-state index in [-0.39, 0.29) is 50.0 Å². The number of rotatable bonds is 2. The fourth-order valence-corrected chi connectivity index (χ4v) is 5.59. The highest BCUT2D eigenvalue weighted by molar-refractivity contribution is 9.10. The lowest BCUT2D eigenvalue weighted by Crippen LogP contribution is -2.53. The van der Waals surface area contributed by atoms with Crippen LogP contribution >= 0.6 is 15.9 Å². The minimum atomic E-state index is -1.06. The van der Waals surface area contributed by atoms with Gasteiger partial charge in [-0.2, -0.15) is 0 Å². The van der Waals surface area contributed by atoms with Crippen molar-refractivity contribution in [3.8, 4) is 0 Å². The molecule has 5 rings (SSSR count). The van der Waals surface area contributed by atoms with E-state index in [1.165, 1.54) is 23.1 Å². The van der Waals surface area contributed by atoms with Gasteiger partial charge < -0.3 is 14.5 Å². The lowest BCUT2D eigenvalue weighted by atomic mass is 9.87. The van der Waals surface area contributed by atoms with Gasteiger partial charge in [0.1, 0.15) is 22.5 Å². The van der Waals surface area contributed by atoms with E-state index in [0.29, 0.717) is 17.4 Å². The monoisotopic (exact) mass is 511 g/mol. The van der Waals surface area contributed by atoms with Gasteiger partial charge in [-0.1, -0.05) is 0 Å². The van der Waals surface area contributed by atoms with Gasteiger partial charge in [0, 0.05) is 50.4 Å². The highest BCUT2D eigenvalue weighted by Crippen LogP contribution is 2.46. The average molecular weight is 512 g/mol. The highest BCUT2D eigenvalue weighted by Gasteiger charge is 2.59. The van der Waals surface area contributed by atoms with E-state index in [1.807, 2.05) is 0 Å². The molecular weight excluding hydrogens is 491 g/mol. The minimum absolute atomic E-state index is 0.0645. The number of amides is 2. The number of pyridine rings is 1. The second kappa shape index (κ2) is 7.98. The van der Waals surface area contributed by atoms with Crippen LogP contribution < -0.4 is 0 Å². The summed E-state index contributed by atoms with van der Waals surface area (Å²) in [5.41, 5.74) is -1.33. The van der Waals surface area contributed by atoms with Crippen LogP contribution in [0.5, 0.6) is 0 Å². The van der Waals surface area contributed by atoms with Gasteiger partial charge in [-0.3, -0.25) is 9.59 Å². The SMILES string of the molecule is O=C(c1nc(Br)ccc1F)N1CCC2(CC1)O[C@@H]1CC[C@@H](C3C=C(F)C=C(F)C3)N1C2=O. The normalized spacial score (nSPS) is 29.2. The fraction of sp³-hybridized carbons (Fsp3) is 0.500.